The number of amides is 2. The van der Waals surface area contributed by atoms with Crippen molar-refractivity contribution in [2.24, 2.45) is 0 Å². The Morgan fingerprint density at radius 1 is 1.25 bits per heavy atom. The number of carbonyl (C=O) groups excluding carboxylic acids is 2. The minimum atomic E-state index is -0.802. The number of non-ortho nitro benzene ring substituents is 1. The van der Waals surface area contributed by atoms with Crippen LogP contribution in [0.1, 0.15) is 15.9 Å². The molecule has 8 heteroatoms. The molecule has 2 N–H and O–H groups in total. The monoisotopic (exact) mass is 328 g/mol. The van der Waals surface area contributed by atoms with Crippen LogP contribution < -0.4 is 10.6 Å². The number of aromatic nitrogens is 1. The molecule has 24 heavy (non-hydrogen) atoms. The Morgan fingerprint density at radius 3 is 2.50 bits per heavy atom. The van der Waals surface area contributed by atoms with Gasteiger partial charge in [-0.3, -0.25) is 24.7 Å². The number of likely N-dealkylation sites (N-methyl/N-ethyl adjacent to an activating group) is 1. The van der Waals surface area contributed by atoms with Gasteiger partial charge in [-0.25, -0.2) is 0 Å². The predicted molar refractivity (Wildman–Crippen MR) is 86.4 cm³/mol. The maximum absolute atomic E-state index is 12.2. The van der Waals surface area contributed by atoms with Gasteiger partial charge in [0.1, 0.15) is 6.04 Å². The number of hydrogen-bond donors (Lipinski definition) is 2. The average Bonchev–Trinajstić information content (AvgIpc) is 2.61. The lowest BCUT2D eigenvalue weighted by molar-refractivity contribution is -0.384. The number of benzene rings is 1. The number of nitrogens with one attached hydrogen (secondary N) is 2. The van der Waals surface area contributed by atoms with Crippen LogP contribution in [0.15, 0.2) is 48.8 Å². The normalized spacial score (nSPS) is 11.4. The quantitative estimate of drug-likeness (QED) is 0.608. The fraction of sp³-hybridized carbons (Fsp3) is 0.188. The summed E-state index contributed by atoms with van der Waals surface area (Å²) >= 11 is 0. The molecule has 2 amide bonds. The summed E-state index contributed by atoms with van der Waals surface area (Å²) in [7, 11) is 1.47. The SMILES string of the molecule is CNC(=O)C(Cc1ccc([N+](=O)[O-])cc1)NC(=O)c1cccnc1. The fourth-order valence-electron chi connectivity index (χ4n) is 2.11. The van der Waals surface area contributed by atoms with Crippen LogP contribution in [-0.2, 0) is 11.2 Å². The summed E-state index contributed by atoms with van der Waals surface area (Å²) in [4.78, 5) is 38.2. The van der Waals surface area contributed by atoms with Crippen LogP contribution in [0, 0.1) is 10.1 Å². The third-order valence-corrected chi connectivity index (χ3v) is 3.38. The van der Waals surface area contributed by atoms with E-state index in [1.807, 2.05) is 0 Å². The van der Waals surface area contributed by atoms with E-state index in [2.05, 4.69) is 15.6 Å². The number of hydrogen-bond acceptors (Lipinski definition) is 5. The van der Waals surface area contributed by atoms with E-state index in [1.165, 1.54) is 25.4 Å². The molecule has 0 aliphatic carbocycles. The summed E-state index contributed by atoms with van der Waals surface area (Å²) in [6.07, 6.45) is 3.16. The fourth-order valence-corrected chi connectivity index (χ4v) is 2.11. The van der Waals surface area contributed by atoms with Crippen molar-refractivity contribution in [3.8, 4) is 0 Å². The second-order valence-corrected chi connectivity index (χ2v) is 5.01. The van der Waals surface area contributed by atoms with Gasteiger partial charge in [0, 0.05) is 38.0 Å². The number of pyridine rings is 1. The van der Waals surface area contributed by atoms with E-state index < -0.39 is 16.9 Å². The van der Waals surface area contributed by atoms with Crippen LogP contribution in [0.4, 0.5) is 5.69 Å². The van der Waals surface area contributed by atoms with E-state index in [1.54, 1.807) is 30.5 Å². The van der Waals surface area contributed by atoms with Gasteiger partial charge in [0.2, 0.25) is 5.91 Å². The van der Waals surface area contributed by atoms with Gasteiger partial charge >= 0.3 is 0 Å². The van der Waals surface area contributed by atoms with Gasteiger partial charge in [0.05, 0.1) is 10.5 Å². The number of nitro benzene ring substituents is 1. The van der Waals surface area contributed by atoms with Crippen molar-refractivity contribution in [3.63, 3.8) is 0 Å². The third kappa shape index (κ3) is 4.35. The largest absolute Gasteiger partial charge is 0.357 e. The molecule has 0 saturated carbocycles. The maximum Gasteiger partial charge on any atom is 0.269 e. The zero-order valence-corrected chi connectivity index (χ0v) is 12.9. The molecule has 0 radical (unpaired) electrons. The molecule has 124 valence electrons. The molecule has 2 aromatic rings. The van der Waals surface area contributed by atoms with Crippen LogP contribution >= 0.6 is 0 Å². The Bertz CT molecular complexity index is 732. The first-order valence-electron chi connectivity index (χ1n) is 7.17. The number of nitro groups is 1. The molecular weight excluding hydrogens is 312 g/mol. The van der Waals surface area contributed by atoms with Gasteiger partial charge in [0.25, 0.3) is 11.6 Å². The zero-order chi connectivity index (χ0) is 17.5. The highest BCUT2D eigenvalue weighted by molar-refractivity contribution is 5.97. The summed E-state index contributed by atoms with van der Waals surface area (Å²) in [6.45, 7) is 0. The van der Waals surface area contributed by atoms with Crippen molar-refractivity contribution >= 4 is 17.5 Å². The Hall–Kier alpha value is -3.29. The van der Waals surface area contributed by atoms with Crippen LogP contribution in [0.25, 0.3) is 0 Å². The summed E-state index contributed by atoms with van der Waals surface area (Å²) in [5, 5.41) is 15.8. The molecule has 1 aromatic heterocycles. The van der Waals surface area contributed by atoms with Crippen molar-refractivity contribution in [1.29, 1.82) is 0 Å². The molecule has 1 heterocycles. The van der Waals surface area contributed by atoms with Gasteiger partial charge < -0.3 is 10.6 Å². The van der Waals surface area contributed by atoms with Gasteiger partial charge in [-0.2, -0.15) is 0 Å². The summed E-state index contributed by atoms with van der Waals surface area (Å²) in [5.74, 6) is -0.774. The van der Waals surface area contributed by atoms with Gasteiger partial charge in [-0.1, -0.05) is 12.1 Å². The highest BCUT2D eigenvalue weighted by Gasteiger charge is 2.21. The second kappa shape index (κ2) is 7.82. The van der Waals surface area contributed by atoms with Crippen LogP contribution in [0.2, 0.25) is 0 Å². The van der Waals surface area contributed by atoms with Crippen LogP contribution in [-0.4, -0.2) is 34.8 Å². The topological polar surface area (TPSA) is 114 Å². The Labute approximate surface area is 138 Å². The minimum Gasteiger partial charge on any atom is -0.357 e. The first-order chi connectivity index (χ1) is 11.5. The average molecular weight is 328 g/mol. The van der Waals surface area contributed by atoms with Crippen molar-refractivity contribution in [3.05, 3.63) is 70.0 Å². The number of carbonyl (C=O) groups is 2. The molecule has 8 nitrogen and oxygen atoms in total. The lowest BCUT2D eigenvalue weighted by Crippen LogP contribution is -2.47. The first-order valence-corrected chi connectivity index (χ1v) is 7.17. The highest BCUT2D eigenvalue weighted by Crippen LogP contribution is 2.13. The molecule has 0 saturated heterocycles. The molecule has 0 bridgehead atoms. The van der Waals surface area contributed by atoms with Crippen molar-refractivity contribution < 1.29 is 14.5 Å². The molecular formula is C16H16N4O4. The van der Waals surface area contributed by atoms with E-state index >= 15 is 0 Å². The molecule has 1 aromatic carbocycles. The lowest BCUT2D eigenvalue weighted by atomic mass is 10.0. The molecule has 0 fully saturated rings. The molecule has 0 aliphatic rings. The Balaban J connectivity index is 2.12. The zero-order valence-electron chi connectivity index (χ0n) is 12.9. The van der Waals surface area contributed by atoms with Crippen molar-refractivity contribution in [1.82, 2.24) is 15.6 Å². The summed E-state index contributed by atoms with van der Waals surface area (Å²) in [6, 6.07) is 8.26. The summed E-state index contributed by atoms with van der Waals surface area (Å²) < 4.78 is 0. The van der Waals surface area contributed by atoms with Crippen molar-refractivity contribution in [2.75, 3.05) is 7.05 Å². The standard InChI is InChI=1S/C16H16N4O4/c1-17-16(22)14(19-15(21)12-3-2-8-18-10-12)9-11-4-6-13(7-5-11)20(23)24/h2-8,10,14H,9H2,1H3,(H,17,22)(H,19,21). The van der Waals surface area contributed by atoms with Gasteiger partial charge in [-0.05, 0) is 17.7 Å². The number of nitrogens with zero attached hydrogens (tertiary/aromatic N) is 2. The van der Waals surface area contributed by atoms with Gasteiger partial charge in [-0.15, -0.1) is 0 Å². The Kier molecular flexibility index (Phi) is 5.56. The Morgan fingerprint density at radius 2 is 1.96 bits per heavy atom. The smallest absolute Gasteiger partial charge is 0.269 e. The van der Waals surface area contributed by atoms with Crippen LogP contribution in [0.3, 0.4) is 0 Å². The molecule has 1 unspecified atom stereocenters. The second-order valence-electron chi connectivity index (χ2n) is 5.01. The van der Waals surface area contributed by atoms with E-state index in [0.29, 0.717) is 11.1 Å². The molecule has 0 aliphatic heterocycles. The van der Waals surface area contributed by atoms with E-state index in [4.69, 9.17) is 0 Å². The lowest BCUT2D eigenvalue weighted by Gasteiger charge is -2.17. The molecule has 2 rings (SSSR count). The van der Waals surface area contributed by atoms with Crippen molar-refractivity contribution in [2.45, 2.75) is 12.5 Å². The highest BCUT2D eigenvalue weighted by atomic mass is 16.6. The number of rotatable bonds is 6. The molecule has 1 atom stereocenters. The van der Waals surface area contributed by atoms with Gasteiger partial charge in [0.15, 0.2) is 0 Å². The van der Waals surface area contributed by atoms with E-state index in [0.717, 1.165) is 0 Å². The minimum absolute atomic E-state index is 0.0327. The predicted octanol–water partition coefficient (Wildman–Crippen LogP) is 1.08. The third-order valence-electron chi connectivity index (χ3n) is 3.38. The maximum atomic E-state index is 12.2. The van der Waals surface area contributed by atoms with E-state index in [9.17, 15) is 19.7 Å². The summed E-state index contributed by atoms with van der Waals surface area (Å²) in [5.41, 5.74) is 1.01. The molecule has 0 spiro atoms. The van der Waals surface area contributed by atoms with Crippen LogP contribution in [0.5, 0.6) is 0 Å². The van der Waals surface area contributed by atoms with E-state index in [-0.39, 0.29) is 18.0 Å². The first kappa shape index (κ1) is 17.1.